The molecule has 2 aliphatic heterocycles. The average molecular weight is 430 g/mol. The Morgan fingerprint density at radius 3 is 2.39 bits per heavy atom. The van der Waals surface area contributed by atoms with Crippen molar-refractivity contribution < 1.29 is 22.7 Å². The molecule has 0 radical (unpaired) electrons. The van der Waals surface area contributed by atoms with Gasteiger partial charge in [-0.3, -0.25) is 14.5 Å². The van der Waals surface area contributed by atoms with Crippen LogP contribution in [0, 0.1) is 5.41 Å². The molecule has 0 saturated carbocycles. The van der Waals surface area contributed by atoms with E-state index in [4.69, 9.17) is 4.74 Å². The van der Waals surface area contributed by atoms with E-state index < -0.39 is 36.7 Å². The number of aromatic nitrogens is 4. The zero-order chi connectivity index (χ0) is 21.2. The molecule has 3 heterocycles. The topological polar surface area (TPSA) is 124 Å². The van der Waals surface area contributed by atoms with Crippen LogP contribution in [0.4, 0.5) is 0 Å². The number of methoxy groups -OCH3 is 1. The molecule has 1 aromatic heterocycles. The van der Waals surface area contributed by atoms with Crippen LogP contribution in [0.15, 0.2) is 16.4 Å². The van der Waals surface area contributed by atoms with Gasteiger partial charge in [0.1, 0.15) is 4.08 Å². The van der Waals surface area contributed by atoms with Gasteiger partial charge in [0, 0.05) is 19.6 Å². The van der Waals surface area contributed by atoms with Crippen LogP contribution in [0.2, 0.25) is 0 Å². The Hall–Kier alpha value is -1.79. The van der Waals surface area contributed by atoms with Gasteiger partial charge in [-0.2, -0.15) is 0 Å². The minimum Gasteiger partial charge on any atom is -0.368 e. The molecule has 1 amide bonds. The molecule has 1 unspecified atom stereocenters. The van der Waals surface area contributed by atoms with Gasteiger partial charge in [-0.25, -0.2) is 13.1 Å². The Kier molecular flexibility index (Phi) is 4.75. The highest BCUT2D eigenvalue weighted by atomic mass is 32.3. The predicted octanol–water partition coefficient (Wildman–Crippen LogP) is 0.519. The number of ether oxygens (including phenoxy) is 1. The molecule has 1 aromatic rings. The van der Waals surface area contributed by atoms with Gasteiger partial charge in [0.25, 0.3) is 5.91 Å². The Morgan fingerprint density at radius 1 is 1.32 bits per heavy atom. The second kappa shape index (κ2) is 6.36. The number of rotatable bonds is 4. The van der Waals surface area contributed by atoms with Crippen molar-refractivity contribution in [3.8, 4) is 0 Å². The third-order valence-corrected chi connectivity index (χ3v) is 9.81. The van der Waals surface area contributed by atoms with Crippen LogP contribution < -0.4 is 0 Å². The molecule has 28 heavy (non-hydrogen) atoms. The number of allylic oxidation sites excluding steroid dienone is 1. The van der Waals surface area contributed by atoms with Crippen molar-refractivity contribution in [3.05, 3.63) is 11.3 Å². The van der Waals surface area contributed by atoms with Crippen LogP contribution in [0.25, 0.3) is 0 Å². The first-order chi connectivity index (χ1) is 12.8. The number of nitrogens with zero attached hydrogens (tertiary/aromatic N) is 5. The molecule has 0 bridgehead atoms. The van der Waals surface area contributed by atoms with Gasteiger partial charge in [0.2, 0.25) is 5.16 Å². The fourth-order valence-electron chi connectivity index (χ4n) is 3.28. The van der Waals surface area contributed by atoms with Crippen LogP contribution in [-0.4, -0.2) is 67.9 Å². The Bertz CT molecular complexity index is 993. The molecule has 1 saturated heterocycles. The largest absolute Gasteiger partial charge is 0.368 e. The van der Waals surface area contributed by atoms with Crippen molar-refractivity contribution in [1.82, 2.24) is 25.1 Å². The number of fused-ring (bicyclic) bond motifs is 1. The summed E-state index contributed by atoms with van der Waals surface area (Å²) in [6, 6.07) is 0. The van der Waals surface area contributed by atoms with Gasteiger partial charge in [-0.15, -0.1) is 5.10 Å². The Balaban J connectivity index is 2.26. The highest BCUT2D eigenvalue weighted by Crippen LogP contribution is 2.53. The third-order valence-electron chi connectivity index (χ3n) is 5.15. The molecule has 2 aliphatic rings. The fraction of sp³-hybridized carbons (Fsp3) is 0.688. The van der Waals surface area contributed by atoms with Crippen molar-refractivity contribution in [2.24, 2.45) is 12.5 Å². The summed E-state index contributed by atoms with van der Waals surface area (Å²) in [4.78, 5) is 26.9. The number of β-lactam (4-membered cyclic amide) rings is 1. The van der Waals surface area contributed by atoms with Crippen LogP contribution in [-0.2, 0) is 31.2 Å². The quantitative estimate of drug-likeness (QED) is 0.630. The minimum atomic E-state index is -3.99. The number of thioether (sulfide) groups is 1. The first-order valence-corrected chi connectivity index (χ1v) is 10.9. The first-order valence-electron chi connectivity index (χ1n) is 8.56. The number of carbonyl (C=O) groups excluding carboxylic acids is 2. The maximum atomic E-state index is 13.6. The smallest absolute Gasteiger partial charge is 0.260 e. The molecule has 0 aromatic carbocycles. The number of tetrazole rings is 1. The minimum absolute atomic E-state index is 0.107. The summed E-state index contributed by atoms with van der Waals surface area (Å²) in [5.74, 6) is -0.842. The molecule has 0 aliphatic carbocycles. The lowest BCUT2D eigenvalue weighted by Gasteiger charge is -2.53. The van der Waals surface area contributed by atoms with Crippen molar-refractivity contribution in [1.29, 1.82) is 0 Å². The number of amides is 1. The van der Waals surface area contributed by atoms with Gasteiger partial charge in [-0.05, 0) is 29.8 Å². The van der Waals surface area contributed by atoms with E-state index in [9.17, 15) is 18.0 Å². The number of hydrogen-bond acceptors (Lipinski definition) is 9. The Morgan fingerprint density at radius 2 is 1.93 bits per heavy atom. The van der Waals surface area contributed by atoms with Crippen LogP contribution in [0.1, 0.15) is 34.6 Å². The Labute approximate surface area is 167 Å². The van der Waals surface area contributed by atoms with Crippen molar-refractivity contribution in [2.45, 2.75) is 55.3 Å². The predicted molar refractivity (Wildman–Crippen MR) is 101 cm³/mol. The number of hydrogen-bond donors (Lipinski definition) is 0. The summed E-state index contributed by atoms with van der Waals surface area (Å²) in [6.45, 7) is 8.26. The first kappa shape index (κ1) is 20.9. The molecule has 0 N–H and O–H groups in total. The number of sulfone groups is 1. The van der Waals surface area contributed by atoms with E-state index in [1.54, 1.807) is 34.7 Å². The van der Waals surface area contributed by atoms with E-state index in [1.807, 2.05) is 0 Å². The summed E-state index contributed by atoms with van der Waals surface area (Å²) in [5.41, 5.74) is -0.422. The van der Waals surface area contributed by atoms with Crippen LogP contribution in [0.3, 0.4) is 0 Å². The summed E-state index contributed by atoms with van der Waals surface area (Å²) < 4.78 is 32.1. The molecule has 3 rings (SSSR count). The van der Waals surface area contributed by atoms with Gasteiger partial charge >= 0.3 is 0 Å². The molecule has 3 atom stereocenters. The lowest BCUT2D eigenvalue weighted by atomic mass is 9.85. The zero-order valence-electron chi connectivity index (χ0n) is 16.7. The van der Waals surface area contributed by atoms with Gasteiger partial charge in [0.05, 0.1) is 5.70 Å². The third kappa shape index (κ3) is 2.65. The highest BCUT2D eigenvalue weighted by Gasteiger charge is 2.67. The second-order valence-corrected chi connectivity index (χ2v) is 12.0. The van der Waals surface area contributed by atoms with E-state index >= 15 is 0 Å². The van der Waals surface area contributed by atoms with E-state index in [0.717, 1.165) is 16.7 Å². The second-order valence-electron chi connectivity index (χ2n) is 7.99. The number of carbonyl (C=O) groups is 2. The molecule has 1 fully saturated rings. The molecule has 0 spiro atoms. The van der Waals surface area contributed by atoms with Crippen molar-refractivity contribution in [3.63, 3.8) is 0 Å². The summed E-state index contributed by atoms with van der Waals surface area (Å²) >= 11 is 0.936. The number of aryl methyl sites for hydroxylation is 1. The lowest BCUT2D eigenvalue weighted by Crippen LogP contribution is -2.73. The molecular weight excluding hydrogens is 406 g/mol. The zero-order valence-corrected chi connectivity index (χ0v) is 18.4. The van der Waals surface area contributed by atoms with Crippen LogP contribution in [0.5, 0.6) is 0 Å². The highest BCUT2D eigenvalue weighted by molar-refractivity contribution is 8.15. The number of ketones is 1. The summed E-state index contributed by atoms with van der Waals surface area (Å²) in [7, 11) is -1.11. The number of Topliss-reactive ketones (excluding diaryl/α,β-unsaturated/α-hetero) is 1. The van der Waals surface area contributed by atoms with Gasteiger partial charge in [0.15, 0.2) is 27.1 Å². The van der Waals surface area contributed by atoms with Crippen molar-refractivity contribution >= 4 is 33.3 Å². The molecule has 12 heteroatoms. The summed E-state index contributed by atoms with van der Waals surface area (Å²) in [5, 5.41) is 10.2. The monoisotopic (exact) mass is 429 g/mol. The van der Waals surface area contributed by atoms with Crippen molar-refractivity contribution in [2.75, 3.05) is 7.11 Å². The van der Waals surface area contributed by atoms with E-state index in [1.165, 1.54) is 18.7 Å². The van der Waals surface area contributed by atoms with Crippen LogP contribution >= 0.6 is 11.8 Å². The normalized spacial score (nSPS) is 29.5. The van der Waals surface area contributed by atoms with E-state index in [0.29, 0.717) is 0 Å². The van der Waals surface area contributed by atoms with E-state index in [2.05, 4.69) is 15.5 Å². The maximum Gasteiger partial charge on any atom is 0.260 e. The maximum absolute atomic E-state index is 13.6. The van der Waals surface area contributed by atoms with E-state index in [-0.39, 0.29) is 22.2 Å². The fourth-order valence-corrected chi connectivity index (χ4v) is 7.14. The molecule has 10 nitrogen and oxygen atoms in total. The van der Waals surface area contributed by atoms with Gasteiger partial charge < -0.3 is 4.74 Å². The molecule has 154 valence electrons. The standard InChI is InChI=1S/C16H23N5O5S2/c1-8-9(11(22)15(2,3)4)21-12(23)10(26-7)13(21)28(24,25)16(8,5)27-14-17-18-19-20(14)6/h10,13H,1-7H3/t10-,13-,16?/m0/s1. The lowest BCUT2D eigenvalue weighted by molar-refractivity contribution is -0.161. The SMILES string of the molecule is CO[C@H]1C(=O)N2C(C(=O)C(C)(C)C)=C(C)C(C)(Sc3nnnn3C)S(=O)(=O)[C@@H]12. The average Bonchev–Trinajstić information content (AvgIpc) is 2.98. The summed E-state index contributed by atoms with van der Waals surface area (Å²) in [6.07, 6.45) is -1.15. The van der Waals surface area contributed by atoms with Gasteiger partial charge in [-0.1, -0.05) is 32.5 Å². The molecular formula is C16H23N5O5S2.